The molecule has 5 aromatic heterocycles. The third-order valence-corrected chi connectivity index (χ3v) is 13.3. The van der Waals surface area contributed by atoms with Crippen LogP contribution < -0.4 is 0 Å². The van der Waals surface area contributed by atoms with Crippen molar-refractivity contribution in [2.24, 2.45) is 7.05 Å². The Balaban J connectivity index is 1.14. The van der Waals surface area contributed by atoms with E-state index in [2.05, 4.69) is 230 Å². The summed E-state index contributed by atoms with van der Waals surface area (Å²) in [7, 11) is 2.14. The molecule has 0 aliphatic carbocycles. The highest BCUT2D eigenvalue weighted by Crippen LogP contribution is 2.44. The first-order chi connectivity index (χ1) is 30.7. The average Bonchev–Trinajstić information content (AvgIpc) is 4.12. The summed E-state index contributed by atoms with van der Waals surface area (Å²) >= 11 is 0. The molecule has 62 heavy (non-hydrogen) atoms. The van der Waals surface area contributed by atoms with E-state index in [-0.39, 0.29) is 0 Å². The van der Waals surface area contributed by atoms with Gasteiger partial charge in [-0.2, -0.15) is 0 Å². The second-order valence-electron chi connectivity index (χ2n) is 16.5. The minimum Gasteiger partial charge on any atom is -0.313 e. The van der Waals surface area contributed by atoms with Crippen LogP contribution in [0.15, 0.2) is 200 Å². The van der Waals surface area contributed by atoms with Gasteiger partial charge >= 0.3 is 0 Å². The number of imidazole rings is 1. The summed E-state index contributed by atoms with van der Waals surface area (Å²) in [5, 5.41) is 9.73. The highest BCUT2D eigenvalue weighted by molar-refractivity contribution is 6.24. The van der Waals surface area contributed by atoms with Gasteiger partial charge in [0.25, 0.3) is 0 Å². The van der Waals surface area contributed by atoms with Crippen LogP contribution in [0.25, 0.3) is 121 Å². The Morgan fingerprint density at radius 1 is 0.290 bits per heavy atom. The zero-order chi connectivity index (χ0) is 40.6. The molecule has 14 aromatic rings. The van der Waals surface area contributed by atoms with Crippen molar-refractivity contribution in [3.8, 4) is 23.0 Å². The van der Waals surface area contributed by atoms with Gasteiger partial charge in [0.15, 0.2) is 0 Å². The van der Waals surface area contributed by atoms with Gasteiger partial charge in [-0.3, -0.25) is 4.57 Å². The molecule has 0 unspecified atom stereocenters. The minimum atomic E-state index is 0.874. The summed E-state index contributed by atoms with van der Waals surface area (Å²) in [5.74, 6) is 0.874. The fourth-order valence-corrected chi connectivity index (χ4v) is 10.6. The van der Waals surface area contributed by atoms with Crippen molar-refractivity contribution in [2.45, 2.75) is 0 Å². The van der Waals surface area contributed by atoms with E-state index < -0.39 is 0 Å². The van der Waals surface area contributed by atoms with Crippen LogP contribution in [0.5, 0.6) is 0 Å². The van der Waals surface area contributed by atoms with Crippen LogP contribution in [0.2, 0.25) is 0 Å². The normalized spacial score (nSPS) is 12.3. The Morgan fingerprint density at radius 2 is 0.694 bits per heavy atom. The van der Waals surface area contributed by atoms with Crippen molar-refractivity contribution < 1.29 is 0 Å². The third kappa shape index (κ3) is 4.39. The van der Waals surface area contributed by atoms with Crippen LogP contribution in [0.3, 0.4) is 0 Å². The van der Waals surface area contributed by atoms with Gasteiger partial charge in [-0.1, -0.05) is 115 Å². The van der Waals surface area contributed by atoms with E-state index >= 15 is 0 Å². The number of aryl methyl sites for hydroxylation is 1. The molecule has 9 aromatic carbocycles. The Kier molecular flexibility index (Phi) is 6.67. The molecule has 14 rings (SSSR count). The number of hydrogen-bond donors (Lipinski definition) is 0. The summed E-state index contributed by atoms with van der Waals surface area (Å²) in [6, 6.07) is 72.9. The van der Waals surface area contributed by atoms with Gasteiger partial charge < -0.3 is 18.3 Å². The quantitative estimate of drug-likeness (QED) is 0.175. The molecule has 0 aliphatic heterocycles. The van der Waals surface area contributed by atoms with Crippen LogP contribution in [0.1, 0.15) is 0 Å². The van der Waals surface area contributed by atoms with Gasteiger partial charge in [-0.05, 0) is 84.9 Å². The van der Waals surface area contributed by atoms with Crippen molar-refractivity contribution >= 4 is 98.3 Å². The molecule has 0 radical (unpaired) electrons. The third-order valence-electron chi connectivity index (χ3n) is 13.3. The van der Waals surface area contributed by atoms with Gasteiger partial charge in [0.2, 0.25) is 5.95 Å². The van der Waals surface area contributed by atoms with Crippen LogP contribution in [0.4, 0.5) is 0 Å². The Bertz CT molecular complexity index is 4060. The van der Waals surface area contributed by atoms with E-state index in [0.29, 0.717) is 0 Å². The van der Waals surface area contributed by atoms with Crippen molar-refractivity contribution in [2.75, 3.05) is 0 Å². The van der Waals surface area contributed by atoms with Gasteiger partial charge in [0.1, 0.15) is 0 Å². The first kappa shape index (κ1) is 33.5. The molecule has 0 N–H and O–H groups in total. The average molecular weight is 793 g/mol. The van der Waals surface area contributed by atoms with Gasteiger partial charge in [-0.15, -0.1) is 0 Å². The lowest BCUT2D eigenvalue weighted by molar-refractivity contribution is 0.870. The largest absolute Gasteiger partial charge is 0.313 e. The first-order valence-corrected chi connectivity index (χ1v) is 21.2. The lowest BCUT2D eigenvalue weighted by atomic mass is 10.1. The van der Waals surface area contributed by atoms with Crippen LogP contribution in [0, 0.1) is 0 Å². The molecule has 0 saturated heterocycles. The zero-order valence-corrected chi connectivity index (χ0v) is 33.7. The monoisotopic (exact) mass is 792 g/mol. The Labute approximate surface area is 354 Å². The molecule has 0 saturated carbocycles. The molecule has 0 fully saturated rings. The summed E-state index contributed by atoms with van der Waals surface area (Å²) < 4.78 is 12.0. The number of nitrogens with zero attached hydrogens (tertiary/aromatic N) is 6. The highest BCUT2D eigenvalue weighted by atomic mass is 15.2. The lowest BCUT2D eigenvalue weighted by Crippen LogP contribution is -2.04. The topological polar surface area (TPSA) is 37.5 Å². The maximum absolute atomic E-state index is 5.39. The second kappa shape index (κ2) is 12.3. The number of benzene rings is 9. The number of rotatable bonds is 4. The summed E-state index contributed by atoms with van der Waals surface area (Å²) in [6.07, 6.45) is 0. The number of fused-ring (bicyclic) bond motifs is 14. The zero-order valence-electron chi connectivity index (χ0n) is 33.7. The van der Waals surface area contributed by atoms with Crippen molar-refractivity contribution in [3.05, 3.63) is 200 Å². The predicted molar refractivity (Wildman–Crippen MR) is 258 cm³/mol. The van der Waals surface area contributed by atoms with Gasteiger partial charge in [0, 0.05) is 67.2 Å². The van der Waals surface area contributed by atoms with Crippen LogP contribution >= 0.6 is 0 Å². The molecule has 6 nitrogen and oxygen atoms in total. The number of para-hydroxylation sites is 7. The molecule has 0 amide bonds. The molecule has 290 valence electrons. The van der Waals surface area contributed by atoms with E-state index in [0.717, 1.165) is 56.1 Å². The fraction of sp³-hybridized carbons (Fsp3) is 0.0179. The maximum atomic E-state index is 5.39. The highest BCUT2D eigenvalue weighted by Gasteiger charge is 2.25. The Hall–Kier alpha value is -8.35. The molecule has 0 bridgehead atoms. The van der Waals surface area contributed by atoms with E-state index in [1.807, 2.05) is 0 Å². The lowest BCUT2D eigenvalue weighted by Gasteiger charge is -2.12. The second-order valence-corrected chi connectivity index (χ2v) is 16.5. The molecule has 6 heteroatoms. The predicted octanol–water partition coefficient (Wildman–Crippen LogP) is 14.0. The van der Waals surface area contributed by atoms with Crippen molar-refractivity contribution in [1.29, 1.82) is 0 Å². The number of aromatic nitrogens is 6. The van der Waals surface area contributed by atoms with Gasteiger partial charge in [-0.25, -0.2) is 4.98 Å². The SMILES string of the molecule is Cn1c(-n2c3ccc(-n4c5ccccc5c5ccccc54)cc3c3ccc4c5cc(-n6c7ccccc7c7ccccc76)ccc5n(-c5ccccc5)c4c32)nc2ccccc21. The van der Waals surface area contributed by atoms with E-state index in [1.165, 1.54) is 65.2 Å². The van der Waals surface area contributed by atoms with E-state index in [1.54, 1.807) is 0 Å². The van der Waals surface area contributed by atoms with Crippen molar-refractivity contribution in [3.63, 3.8) is 0 Å². The summed E-state index contributed by atoms with van der Waals surface area (Å²) in [5.41, 5.74) is 14.7. The van der Waals surface area contributed by atoms with Crippen LogP contribution in [-0.4, -0.2) is 27.8 Å². The fourth-order valence-electron chi connectivity index (χ4n) is 10.6. The van der Waals surface area contributed by atoms with Crippen LogP contribution in [-0.2, 0) is 7.05 Å². The molecular formula is C56H36N6. The molecule has 0 spiro atoms. The molecular weight excluding hydrogens is 757 g/mol. The van der Waals surface area contributed by atoms with E-state index in [4.69, 9.17) is 4.98 Å². The molecule has 0 atom stereocenters. The Morgan fingerprint density at radius 3 is 1.19 bits per heavy atom. The van der Waals surface area contributed by atoms with Gasteiger partial charge in [0.05, 0.1) is 55.2 Å². The smallest absolute Gasteiger partial charge is 0.215 e. The summed E-state index contributed by atoms with van der Waals surface area (Å²) in [6.45, 7) is 0. The number of hydrogen-bond acceptors (Lipinski definition) is 1. The van der Waals surface area contributed by atoms with E-state index in [9.17, 15) is 0 Å². The minimum absolute atomic E-state index is 0.874. The standard InChI is InChI=1S/C56H36N6/c1-58-53-26-14-9-21-46(53)57-56(58)62-52-32-28-37(60-49-24-12-7-19-40(49)41-20-8-13-25-50(41)60)34-45(52)43-30-29-42-44-33-36(59-47-22-10-5-17-38(47)39-18-6-11-23-48(39)59)27-31-51(44)61(54(42)55(43)62)35-15-3-2-4-16-35/h2-34H,1H3. The molecule has 0 aliphatic rings. The maximum Gasteiger partial charge on any atom is 0.215 e. The first-order valence-electron chi connectivity index (χ1n) is 21.2. The summed E-state index contributed by atoms with van der Waals surface area (Å²) in [4.78, 5) is 5.39. The molecule has 5 heterocycles. The van der Waals surface area contributed by atoms with Crippen molar-refractivity contribution in [1.82, 2.24) is 27.8 Å².